The Morgan fingerprint density at radius 2 is 2.27 bits per heavy atom. The molecular weight excluding hydrogens is 323 g/mol. The predicted octanol–water partition coefficient (Wildman–Crippen LogP) is 2.13. The molecule has 1 aliphatic rings. The highest BCUT2D eigenvalue weighted by molar-refractivity contribution is 14.1. The van der Waals surface area contributed by atoms with E-state index in [2.05, 4.69) is 45.4 Å². The Bertz CT molecular complexity index is 172. The first kappa shape index (κ1) is 9.77. The van der Waals surface area contributed by atoms with Gasteiger partial charge in [-0.1, -0.05) is 45.4 Å². The third-order valence-corrected chi connectivity index (χ3v) is 3.83. The van der Waals surface area contributed by atoms with Gasteiger partial charge in [0.1, 0.15) is 10.9 Å². The minimum atomic E-state index is -0.119. The van der Waals surface area contributed by atoms with Gasteiger partial charge in [-0.3, -0.25) is 4.79 Å². The first-order valence-corrected chi connectivity index (χ1v) is 5.69. The first-order valence-electron chi connectivity index (χ1n) is 3.52. The van der Waals surface area contributed by atoms with Crippen LogP contribution in [0.15, 0.2) is 0 Å². The van der Waals surface area contributed by atoms with Crippen LogP contribution in [0.4, 0.5) is 0 Å². The van der Waals surface area contributed by atoms with Crippen LogP contribution in [-0.2, 0) is 9.53 Å². The Hall–Kier alpha value is 0.680. The maximum atomic E-state index is 11.0. The highest BCUT2D eigenvalue weighted by atomic mass is 127. The number of ether oxygens (including phenoxy) is 1. The molecule has 1 saturated heterocycles. The number of hydrogen-bond acceptors (Lipinski definition) is 2. The highest BCUT2D eigenvalue weighted by Gasteiger charge is 2.41. The Balaban J connectivity index is 2.67. The summed E-state index contributed by atoms with van der Waals surface area (Å²) in [7, 11) is 0. The van der Waals surface area contributed by atoms with Gasteiger partial charge in [-0.25, -0.2) is 0 Å². The number of carbonyl (C=O) groups is 1. The molecule has 4 atom stereocenters. The summed E-state index contributed by atoms with van der Waals surface area (Å²) in [5.41, 5.74) is 0. The summed E-state index contributed by atoms with van der Waals surface area (Å²) in [6.45, 7) is 4.09. The van der Waals surface area contributed by atoms with Crippen molar-refractivity contribution in [3.63, 3.8) is 0 Å². The van der Waals surface area contributed by atoms with Crippen molar-refractivity contribution < 1.29 is 9.53 Å². The average Bonchev–Trinajstić information content (AvgIpc) is 2.17. The summed E-state index contributed by atoms with van der Waals surface area (Å²) in [4.78, 5) is 10.9. The van der Waals surface area contributed by atoms with Gasteiger partial charge in [0, 0.05) is 9.84 Å². The van der Waals surface area contributed by atoms with E-state index in [0.29, 0.717) is 3.92 Å². The molecule has 4 heteroatoms. The summed E-state index contributed by atoms with van der Waals surface area (Å²) in [5.74, 6) is 0.167. The second kappa shape index (κ2) is 3.60. The summed E-state index contributed by atoms with van der Waals surface area (Å²) in [6.07, 6.45) is 0.0764. The van der Waals surface area contributed by atoms with Gasteiger partial charge in [0.15, 0.2) is 0 Å². The van der Waals surface area contributed by atoms with E-state index in [1.165, 1.54) is 0 Å². The normalized spacial score (nSPS) is 40.4. The Morgan fingerprint density at radius 1 is 1.73 bits per heavy atom. The summed E-state index contributed by atoms with van der Waals surface area (Å²) < 4.78 is 5.54. The van der Waals surface area contributed by atoms with Gasteiger partial charge in [0.05, 0.1) is 0 Å². The molecule has 0 radical (unpaired) electrons. The molecule has 64 valence electrons. The Kier molecular flexibility index (Phi) is 3.19. The maximum Gasteiger partial charge on any atom is 0.320 e. The number of esters is 1. The molecule has 0 aromatic rings. The number of halogens is 2. The second-order valence-electron chi connectivity index (χ2n) is 2.84. The molecule has 1 heterocycles. The lowest BCUT2D eigenvalue weighted by Crippen LogP contribution is -2.24. The van der Waals surface area contributed by atoms with E-state index in [9.17, 15) is 4.79 Å². The molecule has 0 saturated carbocycles. The van der Waals surface area contributed by atoms with Crippen LogP contribution in [0.1, 0.15) is 13.8 Å². The largest absolute Gasteiger partial charge is 0.460 e. The fraction of sp³-hybridized carbons (Fsp3) is 0.857. The van der Waals surface area contributed by atoms with Crippen molar-refractivity contribution >= 4 is 44.5 Å². The molecule has 0 N–H and O–H groups in total. The van der Waals surface area contributed by atoms with Crippen LogP contribution >= 0.6 is 38.5 Å². The van der Waals surface area contributed by atoms with E-state index >= 15 is 0 Å². The van der Waals surface area contributed by atoms with Gasteiger partial charge in [-0.2, -0.15) is 0 Å². The molecule has 0 amide bonds. The SMILES string of the molecule is C[C@@H]1[C@H]([C@H](C)I)OC(=O)[C@@H]1Br. The molecule has 0 aromatic heterocycles. The van der Waals surface area contributed by atoms with Crippen molar-refractivity contribution in [2.45, 2.75) is 28.7 Å². The van der Waals surface area contributed by atoms with Crippen LogP contribution in [-0.4, -0.2) is 20.8 Å². The van der Waals surface area contributed by atoms with Crippen molar-refractivity contribution in [1.82, 2.24) is 0 Å². The van der Waals surface area contributed by atoms with E-state index < -0.39 is 0 Å². The third-order valence-electron chi connectivity index (χ3n) is 1.91. The van der Waals surface area contributed by atoms with Crippen LogP contribution < -0.4 is 0 Å². The van der Waals surface area contributed by atoms with Gasteiger partial charge in [0.2, 0.25) is 0 Å². The zero-order valence-corrected chi connectivity index (χ0v) is 10.1. The van der Waals surface area contributed by atoms with Crippen LogP contribution in [0.3, 0.4) is 0 Å². The molecule has 0 bridgehead atoms. The van der Waals surface area contributed by atoms with Crippen LogP contribution in [0.5, 0.6) is 0 Å². The van der Waals surface area contributed by atoms with Gasteiger partial charge < -0.3 is 4.74 Å². The minimum absolute atomic E-state index is 0.0764. The van der Waals surface area contributed by atoms with Crippen molar-refractivity contribution in [3.8, 4) is 0 Å². The molecule has 0 aliphatic carbocycles. The van der Waals surface area contributed by atoms with E-state index in [1.807, 2.05) is 6.92 Å². The van der Waals surface area contributed by atoms with E-state index in [-0.39, 0.29) is 22.8 Å². The van der Waals surface area contributed by atoms with E-state index in [4.69, 9.17) is 4.74 Å². The van der Waals surface area contributed by atoms with Crippen molar-refractivity contribution in [1.29, 1.82) is 0 Å². The number of rotatable bonds is 1. The Morgan fingerprint density at radius 3 is 2.45 bits per heavy atom. The zero-order chi connectivity index (χ0) is 8.59. The third kappa shape index (κ3) is 1.88. The van der Waals surface area contributed by atoms with Crippen LogP contribution in [0.2, 0.25) is 0 Å². The molecule has 11 heavy (non-hydrogen) atoms. The number of carbonyl (C=O) groups excluding carboxylic acids is 1. The van der Waals surface area contributed by atoms with Crippen LogP contribution in [0, 0.1) is 5.92 Å². The topological polar surface area (TPSA) is 26.3 Å². The van der Waals surface area contributed by atoms with Crippen LogP contribution in [0.25, 0.3) is 0 Å². The van der Waals surface area contributed by atoms with E-state index in [1.54, 1.807) is 0 Å². The molecule has 0 unspecified atom stereocenters. The molecule has 0 spiro atoms. The first-order chi connectivity index (χ1) is 5.04. The average molecular weight is 333 g/mol. The maximum absolute atomic E-state index is 11.0. The summed E-state index contributed by atoms with van der Waals surface area (Å²) in [5, 5.41) is 0. The van der Waals surface area contributed by atoms with Crippen molar-refractivity contribution in [3.05, 3.63) is 0 Å². The fourth-order valence-electron chi connectivity index (χ4n) is 1.20. The minimum Gasteiger partial charge on any atom is -0.460 e. The van der Waals surface area contributed by atoms with Gasteiger partial charge in [0.25, 0.3) is 0 Å². The Labute approximate surface area is 88.3 Å². The molecule has 1 fully saturated rings. The standard InChI is InChI=1S/C7H10BrIO2/c1-3-5(8)7(10)11-6(3)4(2)9/h3-6H,1-2H3/t3-,4-,5+,6+/m0/s1. The monoisotopic (exact) mass is 332 g/mol. The number of alkyl halides is 2. The fourth-order valence-corrected chi connectivity index (χ4v) is 2.41. The van der Waals surface area contributed by atoms with Crippen molar-refractivity contribution in [2.75, 3.05) is 0 Å². The predicted molar refractivity (Wildman–Crippen MR) is 55.2 cm³/mol. The molecule has 2 nitrogen and oxygen atoms in total. The van der Waals surface area contributed by atoms with Crippen molar-refractivity contribution in [2.24, 2.45) is 5.92 Å². The molecule has 0 aromatic carbocycles. The summed E-state index contributed by atoms with van der Waals surface area (Å²) >= 11 is 5.58. The smallest absolute Gasteiger partial charge is 0.320 e. The van der Waals surface area contributed by atoms with Gasteiger partial charge in [-0.15, -0.1) is 0 Å². The zero-order valence-electron chi connectivity index (χ0n) is 6.38. The van der Waals surface area contributed by atoms with E-state index in [0.717, 1.165) is 0 Å². The lowest BCUT2D eigenvalue weighted by molar-refractivity contribution is -0.140. The quantitative estimate of drug-likeness (QED) is 0.418. The lowest BCUT2D eigenvalue weighted by Gasteiger charge is -2.16. The lowest BCUT2D eigenvalue weighted by atomic mass is 10.0. The van der Waals surface area contributed by atoms with Gasteiger partial charge in [-0.05, 0) is 6.92 Å². The van der Waals surface area contributed by atoms with Gasteiger partial charge >= 0.3 is 5.97 Å². The molecular formula is C7H10BrIO2. The number of hydrogen-bond donors (Lipinski definition) is 0. The molecule has 1 aliphatic heterocycles. The highest BCUT2D eigenvalue weighted by Crippen LogP contribution is 2.32. The number of cyclic esters (lactones) is 1. The molecule has 1 rings (SSSR count). The second-order valence-corrected chi connectivity index (χ2v) is 5.79. The summed E-state index contributed by atoms with van der Waals surface area (Å²) in [6, 6.07) is 0.